The zero-order chi connectivity index (χ0) is 11.7. The molecule has 0 amide bonds. The van der Waals surface area contributed by atoms with Crippen LogP contribution in [0.4, 0.5) is 0 Å². The van der Waals surface area contributed by atoms with Crippen molar-refractivity contribution >= 4 is 26.8 Å². The SMILES string of the molecule is Brc1ccc2ccn(CCC3CCCO3)c2c1. The van der Waals surface area contributed by atoms with Gasteiger partial charge in [0.05, 0.1) is 6.10 Å². The van der Waals surface area contributed by atoms with Crippen molar-refractivity contribution in [1.82, 2.24) is 4.57 Å². The van der Waals surface area contributed by atoms with Gasteiger partial charge in [0.25, 0.3) is 0 Å². The van der Waals surface area contributed by atoms with E-state index in [2.05, 4.69) is 51.0 Å². The predicted molar refractivity (Wildman–Crippen MR) is 73.2 cm³/mol. The molecule has 0 radical (unpaired) electrons. The van der Waals surface area contributed by atoms with Gasteiger partial charge in [-0.2, -0.15) is 0 Å². The average Bonchev–Trinajstić information content (AvgIpc) is 2.94. The minimum atomic E-state index is 0.472. The Kier molecular flexibility index (Phi) is 3.21. The molecule has 0 N–H and O–H groups in total. The number of benzene rings is 1. The fourth-order valence-electron chi connectivity index (χ4n) is 2.51. The van der Waals surface area contributed by atoms with Crippen molar-refractivity contribution in [2.75, 3.05) is 6.61 Å². The Hall–Kier alpha value is -0.800. The smallest absolute Gasteiger partial charge is 0.0593 e. The van der Waals surface area contributed by atoms with E-state index >= 15 is 0 Å². The zero-order valence-electron chi connectivity index (χ0n) is 9.73. The van der Waals surface area contributed by atoms with Crippen molar-refractivity contribution in [2.24, 2.45) is 0 Å². The first-order valence-corrected chi connectivity index (χ1v) is 6.98. The van der Waals surface area contributed by atoms with Crippen LogP contribution in [0.5, 0.6) is 0 Å². The van der Waals surface area contributed by atoms with E-state index in [4.69, 9.17) is 4.74 Å². The topological polar surface area (TPSA) is 14.2 Å². The fraction of sp³-hybridized carbons (Fsp3) is 0.429. The summed E-state index contributed by atoms with van der Waals surface area (Å²) in [4.78, 5) is 0. The van der Waals surface area contributed by atoms with Gasteiger partial charge in [-0.25, -0.2) is 0 Å². The lowest BCUT2D eigenvalue weighted by atomic mass is 10.2. The van der Waals surface area contributed by atoms with E-state index in [1.54, 1.807) is 0 Å². The van der Waals surface area contributed by atoms with E-state index in [1.807, 2.05) is 0 Å². The monoisotopic (exact) mass is 293 g/mol. The second-order valence-electron chi connectivity index (χ2n) is 4.64. The Morgan fingerprint density at radius 1 is 1.35 bits per heavy atom. The first-order chi connectivity index (χ1) is 8.33. The van der Waals surface area contributed by atoms with Gasteiger partial charge in [0.1, 0.15) is 0 Å². The van der Waals surface area contributed by atoms with Crippen LogP contribution in [0, 0.1) is 0 Å². The molecule has 1 unspecified atom stereocenters. The number of aryl methyl sites for hydroxylation is 1. The van der Waals surface area contributed by atoms with E-state index < -0.39 is 0 Å². The zero-order valence-corrected chi connectivity index (χ0v) is 11.3. The van der Waals surface area contributed by atoms with Crippen molar-refractivity contribution in [3.05, 3.63) is 34.9 Å². The summed E-state index contributed by atoms with van der Waals surface area (Å²) in [6, 6.07) is 8.61. The fourth-order valence-corrected chi connectivity index (χ4v) is 2.86. The molecule has 1 aliphatic rings. The van der Waals surface area contributed by atoms with Crippen LogP contribution in [0.3, 0.4) is 0 Å². The second-order valence-corrected chi connectivity index (χ2v) is 5.55. The summed E-state index contributed by atoms with van der Waals surface area (Å²) in [5, 5.41) is 1.31. The lowest BCUT2D eigenvalue weighted by Gasteiger charge is -2.10. The molecular weight excluding hydrogens is 278 g/mol. The van der Waals surface area contributed by atoms with Gasteiger partial charge in [0, 0.05) is 29.3 Å². The Morgan fingerprint density at radius 2 is 2.29 bits per heavy atom. The third-order valence-corrected chi connectivity index (χ3v) is 3.95. The molecule has 1 aromatic heterocycles. The van der Waals surface area contributed by atoms with Crippen LogP contribution in [-0.2, 0) is 11.3 Å². The summed E-state index contributed by atoms with van der Waals surface area (Å²) in [5.74, 6) is 0. The van der Waals surface area contributed by atoms with Crippen molar-refractivity contribution in [3.8, 4) is 0 Å². The molecule has 1 aromatic carbocycles. The largest absolute Gasteiger partial charge is 0.378 e. The summed E-state index contributed by atoms with van der Waals surface area (Å²) in [6.07, 6.45) is 6.22. The number of aromatic nitrogens is 1. The third-order valence-electron chi connectivity index (χ3n) is 3.45. The lowest BCUT2D eigenvalue weighted by molar-refractivity contribution is 0.101. The maximum atomic E-state index is 5.66. The van der Waals surface area contributed by atoms with Gasteiger partial charge < -0.3 is 9.30 Å². The van der Waals surface area contributed by atoms with E-state index in [-0.39, 0.29) is 0 Å². The molecule has 0 bridgehead atoms. The number of nitrogens with zero attached hydrogens (tertiary/aromatic N) is 1. The minimum absolute atomic E-state index is 0.472. The summed E-state index contributed by atoms with van der Waals surface area (Å²) in [7, 11) is 0. The molecule has 2 nitrogen and oxygen atoms in total. The first-order valence-electron chi connectivity index (χ1n) is 6.19. The van der Waals surface area contributed by atoms with Gasteiger partial charge in [-0.05, 0) is 42.8 Å². The Labute approximate surface area is 110 Å². The summed E-state index contributed by atoms with van der Waals surface area (Å²) in [5.41, 5.74) is 1.30. The van der Waals surface area contributed by atoms with Gasteiger partial charge in [0.2, 0.25) is 0 Å². The molecule has 1 atom stereocenters. The molecule has 1 fully saturated rings. The van der Waals surface area contributed by atoms with Gasteiger partial charge in [-0.15, -0.1) is 0 Å². The summed E-state index contributed by atoms with van der Waals surface area (Å²) >= 11 is 3.53. The van der Waals surface area contributed by atoms with Crippen LogP contribution in [0.25, 0.3) is 10.9 Å². The Morgan fingerprint density at radius 3 is 3.12 bits per heavy atom. The van der Waals surface area contributed by atoms with Crippen LogP contribution in [-0.4, -0.2) is 17.3 Å². The highest BCUT2D eigenvalue weighted by Crippen LogP contribution is 2.22. The van der Waals surface area contributed by atoms with Gasteiger partial charge in [0.15, 0.2) is 0 Å². The molecular formula is C14H16BrNO. The first kappa shape index (κ1) is 11.3. The Balaban J connectivity index is 1.77. The van der Waals surface area contributed by atoms with Crippen LogP contribution in [0.1, 0.15) is 19.3 Å². The van der Waals surface area contributed by atoms with Crippen LogP contribution in [0.15, 0.2) is 34.9 Å². The van der Waals surface area contributed by atoms with Crippen molar-refractivity contribution < 1.29 is 4.74 Å². The van der Waals surface area contributed by atoms with Crippen molar-refractivity contribution in [2.45, 2.75) is 31.9 Å². The van der Waals surface area contributed by atoms with E-state index in [0.29, 0.717) is 6.10 Å². The molecule has 2 heterocycles. The van der Waals surface area contributed by atoms with E-state index in [1.165, 1.54) is 23.7 Å². The molecule has 0 aliphatic carbocycles. The van der Waals surface area contributed by atoms with Crippen LogP contribution >= 0.6 is 15.9 Å². The van der Waals surface area contributed by atoms with Crippen LogP contribution < -0.4 is 0 Å². The highest BCUT2D eigenvalue weighted by atomic mass is 79.9. The molecule has 1 saturated heterocycles. The normalized spacial score (nSPS) is 20.2. The maximum absolute atomic E-state index is 5.66. The number of hydrogen-bond donors (Lipinski definition) is 0. The quantitative estimate of drug-likeness (QED) is 0.835. The van der Waals surface area contributed by atoms with E-state index in [9.17, 15) is 0 Å². The van der Waals surface area contributed by atoms with Crippen LogP contribution in [0.2, 0.25) is 0 Å². The average molecular weight is 294 g/mol. The summed E-state index contributed by atoms with van der Waals surface area (Å²) in [6.45, 7) is 1.99. The molecule has 3 rings (SSSR count). The van der Waals surface area contributed by atoms with Crippen molar-refractivity contribution in [1.29, 1.82) is 0 Å². The minimum Gasteiger partial charge on any atom is -0.378 e. The molecule has 1 aliphatic heterocycles. The van der Waals surface area contributed by atoms with Gasteiger partial charge >= 0.3 is 0 Å². The molecule has 0 saturated carbocycles. The van der Waals surface area contributed by atoms with Gasteiger partial charge in [-0.3, -0.25) is 0 Å². The number of ether oxygens (including phenoxy) is 1. The third kappa shape index (κ3) is 2.40. The number of fused-ring (bicyclic) bond motifs is 1. The standard InChI is InChI=1S/C14H16BrNO/c15-12-4-3-11-5-7-16(14(11)10-12)8-6-13-2-1-9-17-13/h3-5,7,10,13H,1-2,6,8-9H2. The molecule has 2 aromatic rings. The number of rotatable bonds is 3. The molecule has 90 valence electrons. The molecule has 3 heteroatoms. The maximum Gasteiger partial charge on any atom is 0.0593 e. The summed E-state index contributed by atoms with van der Waals surface area (Å²) < 4.78 is 9.13. The molecule has 0 spiro atoms. The highest BCUT2D eigenvalue weighted by molar-refractivity contribution is 9.10. The Bertz CT molecular complexity index is 514. The second kappa shape index (κ2) is 4.83. The van der Waals surface area contributed by atoms with Crippen molar-refractivity contribution in [3.63, 3.8) is 0 Å². The molecule has 17 heavy (non-hydrogen) atoms. The lowest BCUT2D eigenvalue weighted by Crippen LogP contribution is -2.09. The van der Waals surface area contributed by atoms with Gasteiger partial charge in [-0.1, -0.05) is 22.0 Å². The van der Waals surface area contributed by atoms with E-state index in [0.717, 1.165) is 24.0 Å². The predicted octanol–water partition coefficient (Wildman–Crippen LogP) is 3.97. The number of halogens is 1. The highest BCUT2D eigenvalue weighted by Gasteiger charge is 2.15. The number of hydrogen-bond acceptors (Lipinski definition) is 1.